The monoisotopic (exact) mass is 279 g/mol. The first-order valence-corrected chi connectivity index (χ1v) is 7.84. The number of carbonyl (C=O) groups excluding carboxylic acids is 1. The summed E-state index contributed by atoms with van der Waals surface area (Å²) >= 11 is 0. The molecule has 1 heterocycles. The Morgan fingerprint density at radius 2 is 1.65 bits per heavy atom. The molecule has 1 aliphatic carbocycles. The van der Waals surface area contributed by atoms with Gasteiger partial charge < -0.3 is 10.6 Å². The van der Waals surface area contributed by atoms with Gasteiger partial charge in [-0.1, -0.05) is 19.9 Å². The topological polar surface area (TPSA) is 45.7 Å². The SMILES string of the molecule is CC1(C)C=C(NC2CC(C)(C)[NH2+]C(C)(C)C2)CC(=O)C1. The number of nitrogens with two attached hydrogens (primary N) is 1. The van der Waals surface area contributed by atoms with Crippen molar-refractivity contribution in [1.29, 1.82) is 0 Å². The maximum absolute atomic E-state index is 11.9. The number of hydrogen-bond acceptors (Lipinski definition) is 2. The van der Waals surface area contributed by atoms with Crippen molar-refractivity contribution in [3.05, 3.63) is 11.8 Å². The van der Waals surface area contributed by atoms with Crippen molar-refractivity contribution in [2.75, 3.05) is 0 Å². The molecule has 3 nitrogen and oxygen atoms in total. The standard InChI is InChI=1S/C17H30N2O/c1-15(2)8-12(7-14(20)11-15)18-13-9-16(3,4)19-17(5,6)10-13/h8,13,18-19H,7,9-11H2,1-6H3/p+1. The zero-order valence-corrected chi connectivity index (χ0v) is 14.0. The maximum atomic E-state index is 11.9. The van der Waals surface area contributed by atoms with Crippen LogP contribution in [0.4, 0.5) is 0 Å². The Hall–Kier alpha value is -0.830. The van der Waals surface area contributed by atoms with Crippen LogP contribution in [0, 0.1) is 5.41 Å². The van der Waals surface area contributed by atoms with Crippen molar-refractivity contribution in [3.63, 3.8) is 0 Å². The number of allylic oxidation sites excluding steroid dienone is 2. The summed E-state index contributed by atoms with van der Waals surface area (Å²) in [6.45, 7) is 13.5. The average Bonchev–Trinajstić information content (AvgIpc) is 2.06. The van der Waals surface area contributed by atoms with Crippen molar-refractivity contribution < 1.29 is 10.1 Å². The van der Waals surface area contributed by atoms with E-state index in [1.54, 1.807) is 0 Å². The Bertz CT molecular complexity index is 416. The molecule has 20 heavy (non-hydrogen) atoms. The second-order valence-corrected chi connectivity index (χ2v) is 8.92. The molecule has 0 saturated carbocycles. The molecule has 0 radical (unpaired) electrons. The minimum absolute atomic E-state index is 0.00347. The third kappa shape index (κ3) is 4.08. The molecule has 1 saturated heterocycles. The fourth-order valence-electron chi connectivity index (χ4n) is 4.33. The second-order valence-electron chi connectivity index (χ2n) is 8.92. The van der Waals surface area contributed by atoms with Crippen molar-refractivity contribution in [1.82, 2.24) is 5.32 Å². The van der Waals surface area contributed by atoms with Gasteiger partial charge in [-0.2, -0.15) is 0 Å². The molecule has 0 bridgehead atoms. The number of ketones is 1. The minimum atomic E-state index is 0.00347. The smallest absolute Gasteiger partial charge is 0.139 e. The summed E-state index contributed by atoms with van der Waals surface area (Å²) in [5.41, 5.74) is 1.66. The molecule has 0 amide bonds. The summed E-state index contributed by atoms with van der Waals surface area (Å²) in [4.78, 5) is 11.9. The molecule has 114 valence electrons. The molecular formula is C17H31N2O+. The minimum Gasteiger partial charge on any atom is -0.385 e. The normalized spacial score (nSPS) is 28.9. The van der Waals surface area contributed by atoms with E-state index < -0.39 is 0 Å². The van der Waals surface area contributed by atoms with Gasteiger partial charge >= 0.3 is 0 Å². The van der Waals surface area contributed by atoms with Gasteiger partial charge in [0, 0.05) is 37.4 Å². The van der Waals surface area contributed by atoms with Crippen molar-refractivity contribution in [3.8, 4) is 0 Å². The maximum Gasteiger partial charge on any atom is 0.139 e. The predicted octanol–water partition coefficient (Wildman–Crippen LogP) is 2.13. The third-order valence-electron chi connectivity index (χ3n) is 4.32. The molecule has 2 aliphatic rings. The van der Waals surface area contributed by atoms with E-state index in [-0.39, 0.29) is 16.5 Å². The molecule has 0 aromatic heterocycles. The summed E-state index contributed by atoms with van der Waals surface area (Å²) < 4.78 is 0. The average molecular weight is 279 g/mol. The highest BCUT2D eigenvalue weighted by molar-refractivity contribution is 5.83. The van der Waals surface area contributed by atoms with Gasteiger partial charge in [0.15, 0.2) is 0 Å². The van der Waals surface area contributed by atoms with Crippen LogP contribution in [0.3, 0.4) is 0 Å². The Balaban J connectivity index is 2.10. The first-order chi connectivity index (χ1) is 8.96. The van der Waals surface area contributed by atoms with Gasteiger partial charge in [-0.25, -0.2) is 0 Å². The van der Waals surface area contributed by atoms with Gasteiger partial charge in [0.2, 0.25) is 0 Å². The molecule has 0 unspecified atom stereocenters. The van der Waals surface area contributed by atoms with E-state index in [4.69, 9.17) is 0 Å². The van der Waals surface area contributed by atoms with Gasteiger partial charge in [0.25, 0.3) is 0 Å². The van der Waals surface area contributed by atoms with E-state index >= 15 is 0 Å². The molecule has 2 rings (SSSR count). The molecule has 1 fully saturated rings. The zero-order chi connectivity index (χ0) is 15.2. The van der Waals surface area contributed by atoms with Gasteiger partial charge in [0.1, 0.15) is 5.78 Å². The molecule has 0 aromatic carbocycles. The van der Waals surface area contributed by atoms with Crippen molar-refractivity contribution >= 4 is 5.78 Å². The van der Waals surface area contributed by atoms with E-state index in [0.717, 1.165) is 18.5 Å². The molecule has 0 aromatic rings. The van der Waals surface area contributed by atoms with Crippen LogP contribution < -0.4 is 10.6 Å². The lowest BCUT2D eigenvalue weighted by molar-refractivity contribution is -0.788. The van der Waals surface area contributed by atoms with Gasteiger partial charge in [-0.15, -0.1) is 0 Å². The van der Waals surface area contributed by atoms with Gasteiger partial charge in [-0.3, -0.25) is 4.79 Å². The van der Waals surface area contributed by atoms with Crippen LogP contribution in [0.5, 0.6) is 0 Å². The lowest BCUT2D eigenvalue weighted by atomic mass is 9.78. The second kappa shape index (κ2) is 4.87. The fraction of sp³-hybridized carbons (Fsp3) is 0.824. The Kier molecular flexibility index (Phi) is 3.79. The van der Waals surface area contributed by atoms with Crippen LogP contribution in [-0.2, 0) is 4.79 Å². The molecular weight excluding hydrogens is 248 g/mol. The Labute approximate surface area is 123 Å². The summed E-state index contributed by atoms with van der Waals surface area (Å²) in [6.07, 6.45) is 5.82. The van der Waals surface area contributed by atoms with Crippen LogP contribution in [0.25, 0.3) is 0 Å². The Morgan fingerprint density at radius 1 is 1.10 bits per heavy atom. The molecule has 1 aliphatic heterocycles. The molecule has 0 spiro atoms. The summed E-state index contributed by atoms with van der Waals surface area (Å²) in [6, 6.07) is 0.470. The van der Waals surface area contributed by atoms with Crippen molar-refractivity contribution in [2.45, 2.75) is 84.3 Å². The summed E-state index contributed by atoms with van der Waals surface area (Å²) in [5.74, 6) is 0.362. The number of Topliss-reactive ketones (excluding diaryl/α,β-unsaturated/α-hetero) is 1. The van der Waals surface area contributed by atoms with E-state index in [0.29, 0.717) is 24.7 Å². The number of hydrogen-bond donors (Lipinski definition) is 2. The fourth-order valence-corrected chi connectivity index (χ4v) is 4.33. The van der Waals surface area contributed by atoms with Crippen LogP contribution in [0.15, 0.2) is 11.8 Å². The van der Waals surface area contributed by atoms with Crippen LogP contribution in [0.1, 0.15) is 67.2 Å². The quantitative estimate of drug-likeness (QED) is 0.813. The highest BCUT2D eigenvalue weighted by Gasteiger charge is 2.42. The molecule has 3 N–H and O–H groups in total. The lowest BCUT2D eigenvalue weighted by Crippen LogP contribution is -3.06. The summed E-state index contributed by atoms with van der Waals surface area (Å²) in [7, 11) is 0. The van der Waals surface area contributed by atoms with Gasteiger partial charge in [-0.05, 0) is 33.1 Å². The van der Waals surface area contributed by atoms with E-state index in [1.165, 1.54) is 0 Å². The third-order valence-corrected chi connectivity index (χ3v) is 4.32. The number of quaternary nitrogens is 1. The number of rotatable bonds is 2. The number of piperidine rings is 1. The largest absolute Gasteiger partial charge is 0.385 e. The number of carbonyl (C=O) groups is 1. The highest BCUT2D eigenvalue weighted by Crippen LogP contribution is 2.31. The van der Waals surface area contributed by atoms with Crippen molar-refractivity contribution in [2.24, 2.45) is 5.41 Å². The predicted molar refractivity (Wildman–Crippen MR) is 82.3 cm³/mol. The van der Waals surface area contributed by atoms with Crippen LogP contribution in [-0.4, -0.2) is 22.9 Å². The highest BCUT2D eigenvalue weighted by atomic mass is 16.1. The first kappa shape index (κ1) is 15.6. The van der Waals surface area contributed by atoms with E-state index in [2.05, 4.69) is 58.3 Å². The lowest BCUT2D eigenvalue weighted by Gasteiger charge is -2.44. The van der Waals surface area contributed by atoms with Crippen LogP contribution in [0.2, 0.25) is 0 Å². The van der Waals surface area contributed by atoms with Gasteiger partial charge in [0.05, 0.1) is 11.1 Å². The number of nitrogens with one attached hydrogen (secondary N) is 1. The molecule has 0 atom stereocenters. The summed E-state index contributed by atoms with van der Waals surface area (Å²) in [5, 5.41) is 6.16. The zero-order valence-electron chi connectivity index (χ0n) is 14.0. The first-order valence-electron chi connectivity index (χ1n) is 7.84. The van der Waals surface area contributed by atoms with E-state index in [1.807, 2.05) is 0 Å². The van der Waals surface area contributed by atoms with E-state index in [9.17, 15) is 4.79 Å². The molecule has 3 heteroatoms. The Morgan fingerprint density at radius 3 is 2.15 bits per heavy atom. The van der Waals surface area contributed by atoms with Crippen LogP contribution >= 0.6 is 0 Å².